The third kappa shape index (κ3) is 2.99. The Morgan fingerprint density at radius 2 is 1.82 bits per heavy atom. The molecule has 0 aromatic carbocycles. The van der Waals surface area contributed by atoms with Crippen LogP contribution in [0, 0.1) is 5.92 Å². The lowest BCUT2D eigenvalue weighted by Gasteiger charge is -2.41. The molecule has 4 heteroatoms. The Morgan fingerprint density at radius 3 is 2.41 bits per heavy atom. The van der Waals surface area contributed by atoms with Crippen LogP contribution in [0.15, 0.2) is 0 Å². The second kappa shape index (κ2) is 5.83. The van der Waals surface area contributed by atoms with E-state index < -0.39 is 0 Å². The topological polar surface area (TPSA) is 49.8 Å². The van der Waals surface area contributed by atoms with Crippen LogP contribution in [0.1, 0.15) is 38.5 Å². The molecule has 1 aliphatic heterocycles. The number of likely N-dealkylation sites (tertiary alicyclic amines) is 1. The second-order valence-corrected chi connectivity index (χ2v) is 5.25. The Bertz CT molecular complexity index is 261. The molecule has 98 valence electrons. The highest BCUT2D eigenvalue weighted by Gasteiger charge is 2.33. The molecule has 17 heavy (non-hydrogen) atoms. The van der Waals surface area contributed by atoms with E-state index in [-0.39, 0.29) is 18.0 Å². The maximum Gasteiger partial charge on any atom is 0.308 e. The predicted octanol–water partition coefficient (Wildman–Crippen LogP) is 1.17. The van der Waals surface area contributed by atoms with E-state index in [0.29, 0.717) is 6.04 Å². The van der Waals surface area contributed by atoms with Gasteiger partial charge >= 0.3 is 5.97 Å². The first-order chi connectivity index (χ1) is 8.22. The standard InChI is InChI=1S/C13H23NO3/c1-17-13(16)10-6-8-14(9-7-10)11-4-2-3-5-12(11)15/h10-12,15H,2-9H2,1H3/t11-,12-/m1/s1. The zero-order valence-corrected chi connectivity index (χ0v) is 10.6. The first kappa shape index (κ1) is 12.8. The van der Waals surface area contributed by atoms with Crippen molar-refractivity contribution in [2.45, 2.75) is 50.7 Å². The Kier molecular flexibility index (Phi) is 4.40. The van der Waals surface area contributed by atoms with Crippen molar-refractivity contribution in [3.05, 3.63) is 0 Å². The molecule has 2 atom stereocenters. The molecule has 0 radical (unpaired) electrons. The Labute approximate surface area is 103 Å². The van der Waals surface area contributed by atoms with Crippen LogP contribution in [-0.4, -0.2) is 48.3 Å². The molecule has 0 aromatic heterocycles. The van der Waals surface area contributed by atoms with E-state index in [1.807, 2.05) is 0 Å². The van der Waals surface area contributed by atoms with E-state index in [2.05, 4.69) is 4.90 Å². The summed E-state index contributed by atoms with van der Waals surface area (Å²) in [4.78, 5) is 13.8. The summed E-state index contributed by atoms with van der Waals surface area (Å²) in [7, 11) is 1.46. The summed E-state index contributed by atoms with van der Waals surface area (Å²) in [6, 6.07) is 0.322. The molecular formula is C13H23NO3. The first-order valence-corrected chi connectivity index (χ1v) is 6.72. The number of nitrogens with zero attached hydrogens (tertiary/aromatic N) is 1. The number of piperidine rings is 1. The molecule has 1 N–H and O–H groups in total. The third-order valence-electron chi connectivity index (χ3n) is 4.23. The molecule has 2 aliphatic rings. The van der Waals surface area contributed by atoms with Crippen molar-refractivity contribution >= 4 is 5.97 Å². The largest absolute Gasteiger partial charge is 0.469 e. The average molecular weight is 241 g/mol. The summed E-state index contributed by atoms with van der Waals surface area (Å²) in [6.45, 7) is 1.84. The molecule has 4 nitrogen and oxygen atoms in total. The lowest BCUT2D eigenvalue weighted by Crippen LogP contribution is -2.49. The molecule has 0 aromatic rings. The maximum atomic E-state index is 11.4. The lowest BCUT2D eigenvalue weighted by atomic mass is 9.88. The second-order valence-electron chi connectivity index (χ2n) is 5.25. The van der Waals surface area contributed by atoms with Crippen molar-refractivity contribution in [3.63, 3.8) is 0 Å². The number of carbonyl (C=O) groups is 1. The van der Waals surface area contributed by atoms with Crippen molar-refractivity contribution in [1.82, 2.24) is 4.90 Å². The van der Waals surface area contributed by atoms with Crippen molar-refractivity contribution < 1.29 is 14.6 Å². The minimum Gasteiger partial charge on any atom is -0.469 e. The summed E-state index contributed by atoms with van der Waals surface area (Å²) in [5.74, 6) is -0.00849. The lowest BCUT2D eigenvalue weighted by molar-refractivity contribution is -0.147. The van der Waals surface area contributed by atoms with Gasteiger partial charge < -0.3 is 9.84 Å². The highest BCUT2D eigenvalue weighted by molar-refractivity contribution is 5.72. The fourth-order valence-corrected chi connectivity index (χ4v) is 3.15. The van der Waals surface area contributed by atoms with Gasteiger partial charge in [-0.15, -0.1) is 0 Å². The summed E-state index contributed by atoms with van der Waals surface area (Å²) >= 11 is 0. The molecule has 2 rings (SSSR count). The number of ether oxygens (including phenoxy) is 1. The van der Waals surface area contributed by atoms with Crippen LogP contribution >= 0.6 is 0 Å². The van der Waals surface area contributed by atoms with Gasteiger partial charge in [-0.05, 0) is 38.8 Å². The van der Waals surface area contributed by atoms with Gasteiger partial charge in [0.25, 0.3) is 0 Å². The normalized spacial score (nSPS) is 32.4. The summed E-state index contributed by atoms with van der Waals surface area (Å²) in [6.07, 6.45) is 5.98. The molecule has 2 fully saturated rings. The number of aliphatic hydroxyl groups is 1. The number of hydrogen-bond donors (Lipinski definition) is 1. The SMILES string of the molecule is COC(=O)C1CCN([C@@H]2CCCC[C@H]2O)CC1. The quantitative estimate of drug-likeness (QED) is 0.737. The average Bonchev–Trinajstić information content (AvgIpc) is 2.39. The van der Waals surface area contributed by atoms with Gasteiger partial charge in [0, 0.05) is 6.04 Å². The number of aliphatic hydroxyl groups excluding tert-OH is 1. The highest BCUT2D eigenvalue weighted by Crippen LogP contribution is 2.27. The summed E-state index contributed by atoms with van der Waals surface area (Å²) in [5.41, 5.74) is 0. The fourth-order valence-electron chi connectivity index (χ4n) is 3.15. The smallest absolute Gasteiger partial charge is 0.308 e. The molecule has 0 unspecified atom stereocenters. The summed E-state index contributed by atoms with van der Waals surface area (Å²) < 4.78 is 4.78. The summed E-state index contributed by atoms with van der Waals surface area (Å²) in [5, 5.41) is 10.0. The number of rotatable bonds is 2. The van der Waals surface area contributed by atoms with Gasteiger partial charge in [0.2, 0.25) is 0 Å². The zero-order valence-electron chi connectivity index (χ0n) is 10.6. The fraction of sp³-hybridized carbons (Fsp3) is 0.923. The van der Waals surface area contributed by atoms with Crippen LogP contribution in [0.4, 0.5) is 0 Å². The van der Waals surface area contributed by atoms with Crippen molar-refractivity contribution in [3.8, 4) is 0 Å². The number of methoxy groups -OCH3 is 1. The zero-order chi connectivity index (χ0) is 12.3. The molecule has 0 bridgehead atoms. The van der Waals surface area contributed by atoms with Crippen LogP contribution < -0.4 is 0 Å². The van der Waals surface area contributed by atoms with E-state index >= 15 is 0 Å². The number of carbonyl (C=O) groups excluding carboxylic acids is 1. The van der Waals surface area contributed by atoms with Gasteiger partial charge in [-0.3, -0.25) is 9.69 Å². The number of esters is 1. The Hall–Kier alpha value is -0.610. The van der Waals surface area contributed by atoms with E-state index in [1.54, 1.807) is 0 Å². The van der Waals surface area contributed by atoms with Gasteiger partial charge in [0.1, 0.15) is 0 Å². The molecule has 1 saturated carbocycles. The minimum atomic E-state index is -0.168. The molecule has 1 heterocycles. The monoisotopic (exact) mass is 241 g/mol. The van der Waals surface area contributed by atoms with Crippen LogP contribution in [0.2, 0.25) is 0 Å². The first-order valence-electron chi connectivity index (χ1n) is 6.72. The van der Waals surface area contributed by atoms with Crippen LogP contribution in [-0.2, 0) is 9.53 Å². The number of hydrogen-bond acceptors (Lipinski definition) is 4. The van der Waals surface area contributed by atoms with Crippen molar-refractivity contribution in [1.29, 1.82) is 0 Å². The highest BCUT2D eigenvalue weighted by atomic mass is 16.5. The van der Waals surface area contributed by atoms with Gasteiger partial charge in [0.15, 0.2) is 0 Å². The molecule has 1 aliphatic carbocycles. The van der Waals surface area contributed by atoms with Crippen molar-refractivity contribution in [2.24, 2.45) is 5.92 Å². The van der Waals surface area contributed by atoms with E-state index in [1.165, 1.54) is 13.5 Å². The van der Waals surface area contributed by atoms with E-state index in [4.69, 9.17) is 4.74 Å². The van der Waals surface area contributed by atoms with E-state index in [9.17, 15) is 9.90 Å². The van der Waals surface area contributed by atoms with Gasteiger partial charge in [-0.2, -0.15) is 0 Å². The molecular weight excluding hydrogens is 218 g/mol. The Morgan fingerprint density at radius 1 is 1.18 bits per heavy atom. The van der Waals surface area contributed by atoms with Gasteiger partial charge in [-0.1, -0.05) is 12.8 Å². The van der Waals surface area contributed by atoms with Gasteiger partial charge in [0.05, 0.1) is 19.1 Å². The van der Waals surface area contributed by atoms with Crippen molar-refractivity contribution in [2.75, 3.05) is 20.2 Å². The molecule has 0 amide bonds. The molecule has 1 saturated heterocycles. The Balaban J connectivity index is 1.83. The van der Waals surface area contributed by atoms with Crippen LogP contribution in [0.5, 0.6) is 0 Å². The van der Waals surface area contributed by atoms with E-state index in [0.717, 1.165) is 45.2 Å². The predicted molar refractivity (Wildman–Crippen MR) is 64.6 cm³/mol. The molecule has 0 spiro atoms. The third-order valence-corrected chi connectivity index (χ3v) is 4.23. The maximum absolute atomic E-state index is 11.4. The minimum absolute atomic E-state index is 0.0667. The van der Waals surface area contributed by atoms with Gasteiger partial charge in [-0.25, -0.2) is 0 Å². The van der Waals surface area contributed by atoms with Crippen LogP contribution in [0.3, 0.4) is 0 Å². The van der Waals surface area contributed by atoms with Crippen LogP contribution in [0.25, 0.3) is 0 Å².